The summed E-state index contributed by atoms with van der Waals surface area (Å²) in [5.74, 6) is 0.597. The van der Waals surface area contributed by atoms with Gasteiger partial charge in [0.25, 0.3) is 0 Å². The van der Waals surface area contributed by atoms with E-state index >= 15 is 0 Å². The van der Waals surface area contributed by atoms with Gasteiger partial charge in [-0.2, -0.15) is 5.21 Å². The van der Waals surface area contributed by atoms with Gasteiger partial charge in [-0.25, -0.2) is 0 Å². The molecule has 1 aromatic heterocycles. The molecular weight excluding hydrogens is 216 g/mol. The lowest BCUT2D eigenvalue weighted by Crippen LogP contribution is -2.37. The lowest BCUT2D eigenvalue weighted by molar-refractivity contribution is 0.120. The molecule has 1 aliphatic rings. The molecule has 0 unspecified atom stereocenters. The van der Waals surface area contributed by atoms with Crippen LogP contribution in [0.1, 0.15) is 24.8 Å². The Hall–Kier alpha value is -1.75. The molecule has 0 bridgehead atoms. The first-order valence-electron chi connectivity index (χ1n) is 5.79. The number of hydrogen-bond donors (Lipinski definition) is 2. The van der Waals surface area contributed by atoms with Crippen molar-refractivity contribution in [1.29, 1.82) is 0 Å². The largest absolute Gasteiger partial charge is 0.395 e. The number of tetrazole rings is 1. The highest BCUT2D eigenvalue weighted by atomic mass is 16.3. The van der Waals surface area contributed by atoms with Gasteiger partial charge in [-0.05, 0) is 29.7 Å². The summed E-state index contributed by atoms with van der Waals surface area (Å²) >= 11 is 0. The number of benzene rings is 1. The Labute approximate surface area is 98.9 Å². The van der Waals surface area contributed by atoms with Crippen molar-refractivity contribution < 1.29 is 5.11 Å². The molecule has 5 heteroatoms. The van der Waals surface area contributed by atoms with Crippen molar-refractivity contribution in [2.45, 2.75) is 24.7 Å². The lowest BCUT2D eigenvalue weighted by Gasteiger charge is -2.41. The SMILES string of the molecule is OCC1(c2cccc(-c3nn[nH]n3)c2)CCC1. The number of aromatic nitrogens is 4. The van der Waals surface area contributed by atoms with Crippen LogP contribution >= 0.6 is 0 Å². The molecule has 0 aliphatic heterocycles. The van der Waals surface area contributed by atoms with Crippen LogP contribution in [0.25, 0.3) is 11.4 Å². The van der Waals surface area contributed by atoms with Crippen LogP contribution in [-0.4, -0.2) is 32.3 Å². The number of nitrogens with one attached hydrogen (secondary N) is 1. The van der Waals surface area contributed by atoms with E-state index in [0.717, 1.165) is 18.4 Å². The van der Waals surface area contributed by atoms with Gasteiger partial charge in [-0.3, -0.25) is 0 Å². The smallest absolute Gasteiger partial charge is 0.204 e. The van der Waals surface area contributed by atoms with Crippen LogP contribution in [0.5, 0.6) is 0 Å². The third kappa shape index (κ3) is 1.63. The van der Waals surface area contributed by atoms with E-state index in [9.17, 15) is 5.11 Å². The first-order chi connectivity index (χ1) is 8.34. The Morgan fingerprint density at radius 3 is 2.82 bits per heavy atom. The molecule has 2 N–H and O–H groups in total. The van der Waals surface area contributed by atoms with Crippen LogP contribution in [0.15, 0.2) is 24.3 Å². The topological polar surface area (TPSA) is 74.7 Å². The summed E-state index contributed by atoms with van der Waals surface area (Å²) in [7, 11) is 0. The van der Waals surface area contributed by atoms with Crippen molar-refractivity contribution in [2.24, 2.45) is 0 Å². The minimum Gasteiger partial charge on any atom is -0.395 e. The van der Waals surface area contributed by atoms with Gasteiger partial charge in [0.15, 0.2) is 0 Å². The van der Waals surface area contributed by atoms with E-state index in [0.29, 0.717) is 5.82 Å². The molecule has 17 heavy (non-hydrogen) atoms. The van der Waals surface area contributed by atoms with Crippen molar-refractivity contribution in [3.63, 3.8) is 0 Å². The molecule has 0 atom stereocenters. The molecule has 1 saturated carbocycles. The monoisotopic (exact) mass is 230 g/mol. The highest BCUT2D eigenvalue weighted by molar-refractivity contribution is 5.56. The first-order valence-corrected chi connectivity index (χ1v) is 5.79. The molecular formula is C12H14N4O. The molecule has 1 fully saturated rings. The Morgan fingerprint density at radius 1 is 1.35 bits per heavy atom. The summed E-state index contributed by atoms with van der Waals surface area (Å²) in [4.78, 5) is 0. The minimum absolute atomic E-state index is 0.0419. The van der Waals surface area contributed by atoms with E-state index in [4.69, 9.17) is 0 Å². The van der Waals surface area contributed by atoms with Crippen molar-refractivity contribution in [3.8, 4) is 11.4 Å². The number of aliphatic hydroxyl groups excluding tert-OH is 1. The Bertz CT molecular complexity index is 499. The van der Waals surface area contributed by atoms with Gasteiger partial charge < -0.3 is 5.11 Å². The van der Waals surface area contributed by atoms with Crippen LogP contribution in [0.3, 0.4) is 0 Å². The second-order valence-corrected chi connectivity index (χ2v) is 4.61. The second-order valence-electron chi connectivity index (χ2n) is 4.61. The number of H-pyrrole nitrogens is 1. The fourth-order valence-electron chi connectivity index (χ4n) is 2.41. The molecule has 1 aromatic carbocycles. The molecule has 88 valence electrons. The van der Waals surface area contributed by atoms with Gasteiger partial charge in [0.05, 0.1) is 6.61 Å². The predicted octanol–water partition coefficient (Wildman–Crippen LogP) is 1.28. The van der Waals surface area contributed by atoms with E-state index in [1.807, 2.05) is 12.1 Å². The van der Waals surface area contributed by atoms with E-state index in [-0.39, 0.29) is 12.0 Å². The summed E-state index contributed by atoms with van der Waals surface area (Å²) in [5, 5.41) is 23.5. The average Bonchev–Trinajstić information content (AvgIpc) is 2.82. The maximum Gasteiger partial charge on any atom is 0.204 e. The summed E-state index contributed by atoms with van der Waals surface area (Å²) < 4.78 is 0. The Kier molecular flexibility index (Phi) is 2.40. The zero-order chi connectivity index (χ0) is 11.7. The molecule has 0 radical (unpaired) electrons. The third-order valence-corrected chi connectivity index (χ3v) is 3.69. The summed E-state index contributed by atoms with van der Waals surface area (Å²) in [5.41, 5.74) is 2.07. The van der Waals surface area contributed by atoms with Crippen LogP contribution in [-0.2, 0) is 5.41 Å². The zero-order valence-corrected chi connectivity index (χ0v) is 9.43. The number of aliphatic hydroxyl groups is 1. The van der Waals surface area contributed by atoms with E-state index in [2.05, 4.69) is 32.8 Å². The third-order valence-electron chi connectivity index (χ3n) is 3.69. The van der Waals surface area contributed by atoms with Gasteiger partial charge in [-0.1, -0.05) is 24.6 Å². The van der Waals surface area contributed by atoms with Gasteiger partial charge in [0.2, 0.25) is 5.82 Å². The number of aromatic amines is 1. The highest BCUT2D eigenvalue weighted by Crippen LogP contribution is 2.43. The normalized spacial score (nSPS) is 17.7. The van der Waals surface area contributed by atoms with Gasteiger partial charge in [-0.15, -0.1) is 10.2 Å². The van der Waals surface area contributed by atoms with Gasteiger partial charge >= 0.3 is 0 Å². The molecule has 2 aromatic rings. The predicted molar refractivity (Wildman–Crippen MR) is 62.2 cm³/mol. The van der Waals surface area contributed by atoms with Crippen molar-refractivity contribution in [1.82, 2.24) is 20.6 Å². The van der Waals surface area contributed by atoms with Crippen LogP contribution in [0.2, 0.25) is 0 Å². The number of rotatable bonds is 3. The van der Waals surface area contributed by atoms with Crippen molar-refractivity contribution in [3.05, 3.63) is 29.8 Å². The summed E-state index contributed by atoms with van der Waals surface area (Å²) in [6.07, 6.45) is 3.30. The number of hydrogen-bond acceptors (Lipinski definition) is 4. The number of nitrogens with zero attached hydrogens (tertiary/aromatic N) is 3. The van der Waals surface area contributed by atoms with Gasteiger partial charge in [0, 0.05) is 11.0 Å². The van der Waals surface area contributed by atoms with Crippen molar-refractivity contribution in [2.75, 3.05) is 6.61 Å². The summed E-state index contributed by atoms with van der Waals surface area (Å²) in [6, 6.07) is 8.06. The maximum absolute atomic E-state index is 9.56. The molecule has 1 heterocycles. The quantitative estimate of drug-likeness (QED) is 0.833. The Balaban J connectivity index is 1.99. The van der Waals surface area contributed by atoms with E-state index < -0.39 is 0 Å². The van der Waals surface area contributed by atoms with Crippen LogP contribution in [0, 0.1) is 0 Å². The standard InChI is InChI=1S/C12H14N4O/c17-8-12(5-2-6-12)10-4-1-3-9(7-10)11-13-15-16-14-11/h1,3-4,7,17H,2,5-6,8H2,(H,13,14,15,16). The highest BCUT2D eigenvalue weighted by Gasteiger charge is 2.38. The molecule has 1 aliphatic carbocycles. The summed E-state index contributed by atoms with van der Waals surface area (Å²) in [6.45, 7) is 0.211. The molecule has 0 saturated heterocycles. The first kappa shape index (κ1) is 10.4. The van der Waals surface area contributed by atoms with Crippen molar-refractivity contribution >= 4 is 0 Å². The average molecular weight is 230 g/mol. The second kappa shape index (κ2) is 3.92. The Morgan fingerprint density at radius 2 is 2.24 bits per heavy atom. The molecule has 5 nitrogen and oxygen atoms in total. The molecule has 3 rings (SSSR count). The lowest BCUT2D eigenvalue weighted by atomic mass is 9.65. The fraction of sp³-hybridized carbons (Fsp3) is 0.417. The zero-order valence-electron chi connectivity index (χ0n) is 9.43. The molecule has 0 amide bonds. The van der Waals surface area contributed by atoms with E-state index in [1.54, 1.807) is 0 Å². The fourth-order valence-corrected chi connectivity index (χ4v) is 2.41. The van der Waals surface area contributed by atoms with Crippen LogP contribution < -0.4 is 0 Å². The minimum atomic E-state index is -0.0419. The van der Waals surface area contributed by atoms with Gasteiger partial charge in [0.1, 0.15) is 0 Å². The maximum atomic E-state index is 9.56. The van der Waals surface area contributed by atoms with Crippen LogP contribution in [0.4, 0.5) is 0 Å². The molecule has 0 spiro atoms. The van der Waals surface area contributed by atoms with E-state index in [1.165, 1.54) is 12.0 Å².